The highest BCUT2D eigenvalue weighted by molar-refractivity contribution is 4.98. The molecular weight excluding hydrogens is 255 g/mol. The molecule has 4 unspecified atom stereocenters. The smallest absolute Gasteiger partial charge is 0.347 e. The van der Waals surface area contributed by atoms with Crippen LogP contribution >= 0.6 is 0 Å². The first kappa shape index (κ1) is 21.0. The van der Waals surface area contributed by atoms with E-state index in [9.17, 15) is 13.2 Å². The van der Waals surface area contributed by atoms with Gasteiger partial charge in [0.25, 0.3) is 0 Å². The first-order valence-corrected chi connectivity index (χ1v) is 7.02. The van der Waals surface area contributed by atoms with Gasteiger partial charge in [0.2, 0.25) is 0 Å². The van der Waals surface area contributed by atoms with Gasteiger partial charge in [0, 0.05) is 11.8 Å². The molecule has 1 saturated heterocycles. The monoisotopic (exact) mass is 285 g/mol. The molecule has 5 heteroatoms. The molecule has 0 amide bonds. The molecule has 0 N–H and O–H groups in total. The van der Waals surface area contributed by atoms with E-state index in [0.717, 1.165) is 6.92 Å². The van der Waals surface area contributed by atoms with Crippen molar-refractivity contribution >= 4 is 0 Å². The van der Waals surface area contributed by atoms with Crippen molar-refractivity contribution in [3.8, 4) is 0 Å². The molecule has 1 rings (SSSR count). The van der Waals surface area contributed by atoms with Gasteiger partial charge in [-0.05, 0) is 21.0 Å². The maximum absolute atomic E-state index is 12.9. The minimum atomic E-state index is -4.31. The van der Waals surface area contributed by atoms with Crippen LogP contribution in [0.3, 0.4) is 0 Å². The minimum absolute atomic E-state index is 0.133. The summed E-state index contributed by atoms with van der Waals surface area (Å²) in [6.07, 6.45) is -4.78. The third-order valence-corrected chi connectivity index (χ3v) is 3.54. The average Bonchev–Trinajstić information content (AvgIpc) is 2.59. The highest BCUT2D eigenvalue weighted by atomic mass is 19.4. The first-order valence-electron chi connectivity index (χ1n) is 7.02. The summed E-state index contributed by atoms with van der Waals surface area (Å²) in [5.74, 6) is -0.670. The Morgan fingerprint density at radius 3 is 1.53 bits per heavy atom. The Labute approximate surface area is 116 Å². The normalized spacial score (nSPS) is 34.3. The van der Waals surface area contributed by atoms with E-state index in [1.165, 1.54) is 0 Å². The Morgan fingerprint density at radius 1 is 1.00 bits per heavy atom. The molecule has 0 aliphatic carbocycles. The maximum atomic E-state index is 12.9. The van der Waals surface area contributed by atoms with Gasteiger partial charge in [0.05, 0.1) is 0 Å². The van der Waals surface area contributed by atoms with Gasteiger partial charge in [-0.3, -0.25) is 4.90 Å². The van der Waals surface area contributed by atoms with Crippen LogP contribution in [0.15, 0.2) is 0 Å². The van der Waals surface area contributed by atoms with Crippen molar-refractivity contribution in [1.82, 2.24) is 4.90 Å². The fraction of sp³-hybridized carbons (Fsp3) is 1.00. The van der Waals surface area contributed by atoms with Crippen LogP contribution in [0, 0.1) is 11.8 Å². The Hall–Kier alpha value is -0.290. The van der Waals surface area contributed by atoms with E-state index in [1.54, 1.807) is 32.8 Å². The number of hydrogen-bond donors (Lipinski definition) is 0. The predicted octanol–water partition coefficient (Wildman–Crippen LogP) is 4.55. The van der Waals surface area contributed by atoms with Crippen molar-refractivity contribution in [2.45, 2.75) is 66.5 Å². The van der Waals surface area contributed by atoms with Crippen molar-refractivity contribution in [1.29, 1.82) is 0 Å². The first-order chi connectivity index (χ1) is 8.61. The Kier molecular flexibility index (Phi) is 8.96. The molecule has 1 aliphatic heterocycles. The van der Waals surface area contributed by atoms with Gasteiger partial charge in [0.15, 0.2) is 5.60 Å². The van der Waals surface area contributed by atoms with Crippen LogP contribution in [-0.2, 0) is 4.74 Å². The molecule has 0 saturated carbocycles. The van der Waals surface area contributed by atoms with Gasteiger partial charge in [-0.2, -0.15) is 13.2 Å². The summed E-state index contributed by atoms with van der Waals surface area (Å²) >= 11 is 0. The third kappa shape index (κ3) is 4.35. The second-order valence-electron chi connectivity index (χ2n) is 4.72. The summed E-state index contributed by atoms with van der Waals surface area (Å²) in [5.41, 5.74) is -2.03. The van der Waals surface area contributed by atoms with Gasteiger partial charge in [0.1, 0.15) is 6.23 Å². The molecule has 4 atom stereocenters. The van der Waals surface area contributed by atoms with Gasteiger partial charge in [-0.25, -0.2) is 0 Å². The lowest BCUT2D eigenvalue weighted by Gasteiger charge is -2.31. The van der Waals surface area contributed by atoms with Gasteiger partial charge < -0.3 is 4.74 Å². The van der Waals surface area contributed by atoms with E-state index >= 15 is 0 Å². The summed E-state index contributed by atoms with van der Waals surface area (Å²) in [4.78, 5) is 1.69. The molecule has 19 heavy (non-hydrogen) atoms. The molecule has 0 aromatic carbocycles. The average molecular weight is 285 g/mol. The lowest BCUT2D eigenvalue weighted by molar-refractivity contribution is -0.282. The Morgan fingerprint density at radius 2 is 1.37 bits per heavy atom. The third-order valence-electron chi connectivity index (χ3n) is 3.54. The van der Waals surface area contributed by atoms with Crippen molar-refractivity contribution in [2.75, 3.05) is 14.1 Å². The molecule has 1 fully saturated rings. The van der Waals surface area contributed by atoms with Crippen LogP contribution < -0.4 is 0 Å². The molecule has 2 nitrogen and oxygen atoms in total. The zero-order valence-electron chi connectivity index (χ0n) is 13.7. The number of nitrogens with zero attached hydrogens (tertiary/aromatic N) is 1. The lowest BCUT2D eigenvalue weighted by Crippen LogP contribution is -2.47. The van der Waals surface area contributed by atoms with Gasteiger partial charge in [-0.1, -0.05) is 41.5 Å². The predicted molar refractivity (Wildman–Crippen MR) is 74.0 cm³/mol. The number of alkyl halides is 3. The fourth-order valence-electron chi connectivity index (χ4n) is 2.11. The maximum Gasteiger partial charge on any atom is 0.417 e. The molecule has 0 aromatic rings. The molecule has 1 heterocycles. The fourth-order valence-corrected chi connectivity index (χ4v) is 2.11. The molecule has 0 bridgehead atoms. The highest BCUT2D eigenvalue weighted by Gasteiger charge is 2.63. The van der Waals surface area contributed by atoms with Crippen LogP contribution in [0.1, 0.15) is 48.5 Å². The summed E-state index contributed by atoms with van der Waals surface area (Å²) < 4.78 is 43.8. The quantitative estimate of drug-likeness (QED) is 0.701. The second-order valence-corrected chi connectivity index (χ2v) is 4.72. The van der Waals surface area contributed by atoms with Crippen LogP contribution in [0.2, 0.25) is 0 Å². The van der Waals surface area contributed by atoms with Gasteiger partial charge >= 0.3 is 6.18 Å². The van der Waals surface area contributed by atoms with Crippen LogP contribution in [0.4, 0.5) is 13.2 Å². The number of ether oxygens (including phenoxy) is 1. The molecular formula is C14H30F3NO. The molecule has 118 valence electrons. The Balaban J connectivity index is 0. The van der Waals surface area contributed by atoms with Crippen LogP contribution in [0.25, 0.3) is 0 Å². The van der Waals surface area contributed by atoms with Crippen LogP contribution in [-0.4, -0.2) is 37.0 Å². The largest absolute Gasteiger partial charge is 0.417 e. The highest BCUT2D eigenvalue weighted by Crippen LogP contribution is 2.49. The van der Waals surface area contributed by atoms with Crippen LogP contribution in [0.5, 0.6) is 0 Å². The topological polar surface area (TPSA) is 12.5 Å². The lowest BCUT2D eigenvalue weighted by atomic mass is 9.83. The standard InChI is InChI=1S/C10H18F3NO.2C2H6/c1-6-7(2)9(3,10(11,12)13)15-8(6)14(4)5;2*1-2/h6-8H,1-5H3;2*1-2H3. The summed E-state index contributed by atoms with van der Waals surface area (Å²) in [7, 11) is 3.46. The van der Waals surface area contributed by atoms with Crippen molar-refractivity contribution in [3.05, 3.63) is 0 Å². The van der Waals surface area contributed by atoms with E-state index in [1.807, 2.05) is 27.7 Å². The summed E-state index contributed by atoms with van der Waals surface area (Å²) in [5, 5.41) is 0. The van der Waals surface area contributed by atoms with E-state index in [-0.39, 0.29) is 5.92 Å². The number of hydrogen-bond acceptors (Lipinski definition) is 2. The van der Waals surface area contributed by atoms with Gasteiger partial charge in [-0.15, -0.1) is 0 Å². The zero-order chi connectivity index (χ0) is 16.0. The molecule has 0 aromatic heterocycles. The molecule has 0 spiro atoms. The van der Waals surface area contributed by atoms with Crippen molar-refractivity contribution in [2.24, 2.45) is 11.8 Å². The summed E-state index contributed by atoms with van der Waals surface area (Å²) in [6, 6.07) is 0. The molecule has 0 radical (unpaired) electrons. The van der Waals surface area contributed by atoms with E-state index < -0.39 is 23.9 Å². The van der Waals surface area contributed by atoms with Crippen molar-refractivity contribution < 1.29 is 17.9 Å². The number of halogens is 3. The van der Waals surface area contributed by atoms with E-state index in [4.69, 9.17) is 4.74 Å². The minimum Gasteiger partial charge on any atom is -0.347 e. The SMILES string of the molecule is CC.CC.CC1C(N(C)C)OC(C)(C(F)(F)F)C1C. The van der Waals surface area contributed by atoms with E-state index in [2.05, 4.69) is 0 Å². The Bertz CT molecular complexity index is 243. The molecule has 1 aliphatic rings. The van der Waals surface area contributed by atoms with Crippen molar-refractivity contribution in [3.63, 3.8) is 0 Å². The summed E-state index contributed by atoms with van der Waals surface area (Å²) in [6.45, 7) is 12.5. The number of rotatable bonds is 1. The van der Waals surface area contributed by atoms with E-state index in [0.29, 0.717) is 0 Å². The zero-order valence-corrected chi connectivity index (χ0v) is 13.7. The second kappa shape index (κ2) is 8.10.